The minimum Gasteiger partial charge on any atom is -0.461 e. The SMILES string of the molecule is [C-]#[N+]C[C@H]1CN(c2nc(OC[C@@]34CCCN3C[C@H](F)C4)nc3c(F)c(-c4cccc5ccc(F)c(C)c45)ncc23)CCN1C(=O)/C=C/c1cc(C)nc(C)n1. The number of amides is 1. The van der Waals surface area contributed by atoms with Crippen LogP contribution in [0.2, 0.25) is 0 Å². The highest BCUT2D eigenvalue weighted by Gasteiger charge is 2.49. The second-order valence-electron chi connectivity index (χ2n) is 14.7. The third kappa shape index (κ3) is 6.82. The van der Waals surface area contributed by atoms with Gasteiger partial charge in [-0.25, -0.2) is 29.7 Å². The molecule has 3 fully saturated rings. The largest absolute Gasteiger partial charge is 0.461 e. The van der Waals surface area contributed by atoms with Crippen molar-refractivity contribution in [2.75, 3.05) is 50.8 Å². The molecular weight excluding hydrogens is 708 g/mol. The molecule has 3 atom stereocenters. The Morgan fingerprint density at radius 1 is 1.07 bits per heavy atom. The summed E-state index contributed by atoms with van der Waals surface area (Å²) >= 11 is 0. The number of carbonyl (C=O) groups excluding carboxylic acids is 1. The Kier molecular flexibility index (Phi) is 9.58. The normalized spacial score (nSPS) is 21.5. The molecule has 282 valence electrons. The van der Waals surface area contributed by atoms with Crippen molar-refractivity contribution in [2.45, 2.75) is 57.8 Å². The number of piperazine rings is 1. The average molecular weight is 748 g/mol. The zero-order valence-electron chi connectivity index (χ0n) is 30.9. The summed E-state index contributed by atoms with van der Waals surface area (Å²) in [6.07, 6.45) is 5.69. The smallest absolute Gasteiger partial charge is 0.319 e. The van der Waals surface area contributed by atoms with Crippen molar-refractivity contribution in [3.63, 3.8) is 0 Å². The van der Waals surface area contributed by atoms with Crippen molar-refractivity contribution in [1.82, 2.24) is 34.7 Å². The molecule has 0 unspecified atom stereocenters. The number of nitrogens with zero attached hydrogens (tertiary/aromatic N) is 9. The number of anilines is 1. The summed E-state index contributed by atoms with van der Waals surface area (Å²) in [5.74, 6) is -0.453. The van der Waals surface area contributed by atoms with Gasteiger partial charge >= 0.3 is 6.01 Å². The first-order valence-electron chi connectivity index (χ1n) is 18.5. The predicted octanol–water partition coefficient (Wildman–Crippen LogP) is 6.44. The summed E-state index contributed by atoms with van der Waals surface area (Å²) in [5, 5.41) is 1.60. The number of aromatic nitrogens is 5. The van der Waals surface area contributed by atoms with Crippen molar-refractivity contribution in [3.05, 3.63) is 94.5 Å². The van der Waals surface area contributed by atoms with Gasteiger partial charge < -0.3 is 19.4 Å². The van der Waals surface area contributed by atoms with Crippen LogP contribution in [0.25, 0.3) is 43.9 Å². The van der Waals surface area contributed by atoms with E-state index in [2.05, 4.69) is 29.7 Å². The molecule has 0 spiro atoms. The van der Waals surface area contributed by atoms with Crippen LogP contribution in [0, 0.1) is 39.0 Å². The molecule has 8 rings (SSSR count). The topological polar surface area (TPSA) is 105 Å². The molecule has 11 nitrogen and oxygen atoms in total. The summed E-state index contributed by atoms with van der Waals surface area (Å²) < 4.78 is 52.7. The van der Waals surface area contributed by atoms with Crippen molar-refractivity contribution in [1.29, 1.82) is 0 Å². The maximum absolute atomic E-state index is 17.0. The third-order valence-electron chi connectivity index (χ3n) is 11.1. The summed E-state index contributed by atoms with van der Waals surface area (Å²) in [6, 6.07) is 9.57. The number of alkyl halides is 1. The van der Waals surface area contributed by atoms with Crippen molar-refractivity contribution in [2.24, 2.45) is 0 Å². The maximum Gasteiger partial charge on any atom is 0.319 e. The number of hydrogen-bond acceptors (Lipinski definition) is 9. The number of ether oxygens (including phenoxy) is 1. The van der Waals surface area contributed by atoms with E-state index in [0.29, 0.717) is 58.7 Å². The number of halogens is 3. The highest BCUT2D eigenvalue weighted by atomic mass is 19.1. The fourth-order valence-electron chi connectivity index (χ4n) is 8.58. The predicted molar refractivity (Wildman–Crippen MR) is 203 cm³/mol. The lowest BCUT2D eigenvalue weighted by Gasteiger charge is -2.39. The molecule has 55 heavy (non-hydrogen) atoms. The Morgan fingerprint density at radius 3 is 2.75 bits per heavy atom. The van der Waals surface area contributed by atoms with Gasteiger partial charge in [-0.3, -0.25) is 14.7 Å². The highest BCUT2D eigenvalue weighted by molar-refractivity contribution is 6.01. The van der Waals surface area contributed by atoms with E-state index in [-0.39, 0.29) is 49.4 Å². The second kappa shape index (κ2) is 14.5. The van der Waals surface area contributed by atoms with Gasteiger partial charge in [0, 0.05) is 56.1 Å². The standard InChI is InChI=1S/C41H40F3N9O2/c1-24-17-29(48-26(3)47-24)10-12-34(54)53-16-15-51(22-30(53)19-45-4)39-32-20-46-37(31-8-5-7-27-9-11-33(43)25(2)35(27)31)36(44)38(32)49-40(50-39)55-23-41-13-6-14-52(41)21-28(42)18-41/h5,7-12,17,20,28,30H,6,13-16,18-19,21-23H2,1-3H3/b12-10+/t28-,30+,41+/m1/s1. The molecule has 6 heterocycles. The van der Waals surface area contributed by atoms with Gasteiger partial charge in [0.15, 0.2) is 5.82 Å². The van der Waals surface area contributed by atoms with E-state index in [4.69, 9.17) is 16.3 Å². The lowest BCUT2D eigenvalue weighted by Crippen LogP contribution is -2.56. The number of rotatable bonds is 8. The molecule has 0 saturated carbocycles. The Labute approximate surface area is 316 Å². The van der Waals surface area contributed by atoms with Gasteiger partial charge in [-0.1, -0.05) is 24.3 Å². The zero-order valence-corrected chi connectivity index (χ0v) is 30.9. The fourth-order valence-corrected chi connectivity index (χ4v) is 8.58. The van der Waals surface area contributed by atoms with Crippen LogP contribution in [0.1, 0.15) is 42.0 Å². The summed E-state index contributed by atoms with van der Waals surface area (Å²) in [4.78, 5) is 45.5. The van der Waals surface area contributed by atoms with Crippen LogP contribution >= 0.6 is 0 Å². The number of pyridine rings is 1. The van der Waals surface area contributed by atoms with Gasteiger partial charge in [0.2, 0.25) is 12.5 Å². The van der Waals surface area contributed by atoms with Crippen molar-refractivity contribution >= 4 is 39.5 Å². The Hall–Kier alpha value is -5.68. The van der Waals surface area contributed by atoms with Crippen LogP contribution in [0.3, 0.4) is 0 Å². The fraction of sp³-hybridized carbons (Fsp3) is 0.390. The molecule has 3 aliphatic rings. The maximum atomic E-state index is 17.0. The average Bonchev–Trinajstić information content (AvgIpc) is 3.69. The monoisotopic (exact) mass is 747 g/mol. The Bertz CT molecular complexity index is 2380. The van der Waals surface area contributed by atoms with Crippen LogP contribution in [0.4, 0.5) is 19.0 Å². The highest BCUT2D eigenvalue weighted by Crippen LogP contribution is 2.41. The number of hydrogen-bond donors (Lipinski definition) is 0. The first-order chi connectivity index (χ1) is 26.5. The van der Waals surface area contributed by atoms with Gasteiger partial charge in [-0.2, -0.15) is 9.97 Å². The molecule has 1 amide bonds. The van der Waals surface area contributed by atoms with Crippen LogP contribution in [0.15, 0.2) is 48.7 Å². The number of fused-ring (bicyclic) bond motifs is 3. The summed E-state index contributed by atoms with van der Waals surface area (Å²) in [7, 11) is 0. The summed E-state index contributed by atoms with van der Waals surface area (Å²) in [5.41, 5.74) is 1.66. The van der Waals surface area contributed by atoms with Crippen LogP contribution in [-0.2, 0) is 4.79 Å². The minimum atomic E-state index is -0.959. The van der Waals surface area contributed by atoms with Gasteiger partial charge in [-0.15, -0.1) is 0 Å². The lowest BCUT2D eigenvalue weighted by molar-refractivity contribution is -0.128. The number of aryl methyl sites for hydroxylation is 3. The number of benzene rings is 2. The van der Waals surface area contributed by atoms with Crippen LogP contribution < -0.4 is 9.64 Å². The molecule has 3 aliphatic heterocycles. The van der Waals surface area contributed by atoms with E-state index < -0.39 is 29.4 Å². The Balaban J connectivity index is 1.17. The molecule has 3 saturated heterocycles. The van der Waals surface area contributed by atoms with E-state index in [9.17, 15) is 13.6 Å². The summed E-state index contributed by atoms with van der Waals surface area (Å²) in [6.45, 7) is 15.1. The molecule has 0 N–H and O–H groups in total. The molecular formula is C41H40F3N9O2. The van der Waals surface area contributed by atoms with E-state index in [1.807, 2.05) is 17.9 Å². The molecule has 5 aromatic rings. The van der Waals surface area contributed by atoms with Gasteiger partial charge in [-0.05, 0) is 74.7 Å². The minimum absolute atomic E-state index is 0.00110. The molecule has 0 bridgehead atoms. The van der Waals surface area contributed by atoms with E-state index in [0.717, 1.165) is 30.5 Å². The lowest BCUT2D eigenvalue weighted by atomic mass is 9.95. The van der Waals surface area contributed by atoms with E-state index >= 15 is 4.39 Å². The second-order valence-corrected chi connectivity index (χ2v) is 14.7. The molecule has 0 radical (unpaired) electrons. The molecule has 2 aromatic carbocycles. The first-order valence-corrected chi connectivity index (χ1v) is 18.5. The van der Waals surface area contributed by atoms with E-state index in [1.165, 1.54) is 18.3 Å². The first kappa shape index (κ1) is 36.3. The third-order valence-corrected chi connectivity index (χ3v) is 11.1. The Morgan fingerprint density at radius 2 is 1.93 bits per heavy atom. The molecule has 3 aromatic heterocycles. The van der Waals surface area contributed by atoms with E-state index in [1.54, 1.807) is 49.1 Å². The van der Waals surface area contributed by atoms with Gasteiger partial charge in [0.1, 0.15) is 47.5 Å². The zero-order chi connectivity index (χ0) is 38.4. The van der Waals surface area contributed by atoms with Gasteiger partial charge in [0.05, 0.1) is 16.6 Å². The number of carbonyl (C=O) groups is 1. The van der Waals surface area contributed by atoms with Crippen LogP contribution in [-0.4, -0.2) is 104 Å². The quantitative estimate of drug-likeness (QED) is 0.131. The van der Waals surface area contributed by atoms with Crippen LogP contribution in [0.5, 0.6) is 6.01 Å². The molecule has 0 aliphatic carbocycles. The van der Waals surface area contributed by atoms with Gasteiger partial charge in [0.25, 0.3) is 0 Å². The molecule has 14 heteroatoms. The van der Waals surface area contributed by atoms with Crippen molar-refractivity contribution < 1.29 is 22.7 Å². The van der Waals surface area contributed by atoms with Crippen molar-refractivity contribution in [3.8, 4) is 17.3 Å².